The second-order valence-electron chi connectivity index (χ2n) is 4.90. The maximum absolute atomic E-state index is 12.2. The first-order valence-electron chi connectivity index (χ1n) is 6.98. The first-order chi connectivity index (χ1) is 11.2. The van der Waals surface area contributed by atoms with Crippen molar-refractivity contribution in [2.24, 2.45) is 5.84 Å². The molecular formula is C16H16N4O2S. The zero-order chi connectivity index (χ0) is 16.2. The number of carbonyl (C=O) groups excluding carboxylic acids is 1. The lowest BCUT2D eigenvalue weighted by atomic mass is 10.1. The number of carbonyl (C=O) groups is 1. The van der Waals surface area contributed by atoms with Gasteiger partial charge in [-0.3, -0.25) is 10.2 Å². The van der Waals surface area contributed by atoms with E-state index in [2.05, 4.69) is 15.7 Å². The number of benzene rings is 2. The van der Waals surface area contributed by atoms with Crippen molar-refractivity contribution in [3.63, 3.8) is 0 Å². The molecule has 1 amide bonds. The third-order valence-corrected chi connectivity index (χ3v) is 4.23. The van der Waals surface area contributed by atoms with Gasteiger partial charge in [-0.1, -0.05) is 41.7 Å². The molecular weight excluding hydrogens is 312 g/mol. The molecule has 3 rings (SSSR count). The topological polar surface area (TPSA) is 89.3 Å². The van der Waals surface area contributed by atoms with Gasteiger partial charge in [0, 0.05) is 11.8 Å². The molecule has 7 heteroatoms. The van der Waals surface area contributed by atoms with E-state index in [1.165, 1.54) is 11.3 Å². The van der Waals surface area contributed by atoms with Crippen LogP contribution < -0.4 is 21.3 Å². The van der Waals surface area contributed by atoms with Crippen molar-refractivity contribution < 1.29 is 9.53 Å². The number of nitrogens with one attached hydrogen (secondary N) is 2. The average molecular weight is 328 g/mol. The number of hydrazine groups is 1. The number of anilines is 2. The second-order valence-corrected chi connectivity index (χ2v) is 5.93. The highest BCUT2D eigenvalue weighted by molar-refractivity contribution is 7.22. The quantitative estimate of drug-likeness (QED) is 0.495. The number of aromatic nitrogens is 1. The lowest BCUT2D eigenvalue weighted by Crippen LogP contribution is -2.14. The zero-order valence-electron chi connectivity index (χ0n) is 12.5. The Balaban J connectivity index is 1.83. The first-order valence-corrected chi connectivity index (χ1v) is 7.80. The lowest BCUT2D eigenvalue weighted by Gasteiger charge is -2.08. The van der Waals surface area contributed by atoms with E-state index in [4.69, 9.17) is 10.6 Å². The number of nitrogens with zero attached hydrogens (tertiary/aromatic N) is 1. The van der Waals surface area contributed by atoms with Crippen LogP contribution in [0.5, 0.6) is 5.75 Å². The van der Waals surface area contributed by atoms with E-state index in [1.54, 1.807) is 13.2 Å². The SMILES string of the molecule is COc1cc(NC(=O)Cc2ccccc2)cc2sc(NN)nc12. The summed E-state index contributed by atoms with van der Waals surface area (Å²) in [6.07, 6.45) is 0.319. The molecule has 6 nitrogen and oxygen atoms in total. The molecule has 0 bridgehead atoms. The maximum Gasteiger partial charge on any atom is 0.228 e. The van der Waals surface area contributed by atoms with Gasteiger partial charge >= 0.3 is 0 Å². The van der Waals surface area contributed by atoms with Crippen LogP contribution in [0.25, 0.3) is 10.2 Å². The molecule has 0 saturated carbocycles. The van der Waals surface area contributed by atoms with Gasteiger partial charge in [-0.05, 0) is 11.6 Å². The van der Waals surface area contributed by atoms with Crippen molar-refractivity contribution in [3.8, 4) is 5.75 Å². The van der Waals surface area contributed by atoms with Gasteiger partial charge in [-0.2, -0.15) is 0 Å². The van der Waals surface area contributed by atoms with Gasteiger partial charge < -0.3 is 10.1 Å². The summed E-state index contributed by atoms with van der Waals surface area (Å²) < 4.78 is 6.23. The number of nitrogen functional groups attached to an aromatic ring is 1. The summed E-state index contributed by atoms with van der Waals surface area (Å²) in [5.41, 5.74) is 4.87. The molecule has 0 fully saturated rings. The fraction of sp³-hybridized carbons (Fsp3) is 0.125. The van der Waals surface area contributed by atoms with Crippen molar-refractivity contribution in [2.75, 3.05) is 17.9 Å². The molecule has 1 heterocycles. The van der Waals surface area contributed by atoms with E-state index in [0.29, 0.717) is 28.5 Å². The summed E-state index contributed by atoms with van der Waals surface area (Å²) >= 11 is 1.39. The highest BCUT2D eigenvalue weighted by Crippen LogP contribution is 2.35. The van der Waals surface area contributed by atoms with Gasteiger partial charge in [0.05, 0.1) is 18.2 Å². The van der Waals surface area contributed by atoms with Crippen molar-refractivity contribution in [3.05, 3.63) is 48.0 Å². The zero-order valence-corrected chi connectivity index (χ0v) is 13.3. The molecule has 0 radical (unpaired) electrons. The Bertz CT molecular complexity index is 833. The minimum absolute atomic E-state index is 0.0840. The molecule has 0 aliphatic rings. The minimum Gasteiger partial charge on any atom is -0.494 e. The number of methoxy groups -OCH3 is 1. The highest BCUT2D eigenvalue weighted by atomic mass is 32.1. The van der Waals surface area contributed by atoms with Gasteiger partial charge in [0.25, 0.3) is 0 Å². The molecule has 118 valence electrons. The Hall–Kier alpha value is -2.64. The summed E-state index contributed by atoms with van der Waals surface area (Å²) in [6.45, 7) is 0. The summed E-state index contributed by atoms with van der Waals surface area (Å²) in [4.78, 5) is 16.5. The summed E-state index contributed by atoms with van der Waals surface area (Å²) in [7, 11) is 1.57. The number of fused-ring (bicyclic) bond motifs is 1. The minimum atomic E-state index is -0.0840. The predicted octanol–water partition coefficient (Wildman–Crippen LogP) is 2.77. The van der Waals surface area contributed by atoms with Gasteiger partial charge in [0.15, 0.2) is 5.13 Å². The maximum atomic E-state index is 12.2. The van der Waals surface area contributed by atoms with Gasteiger partial charge in [0.2, 0.25) is 5.91 Å². The number of ether oxygens (including phenoxy) is 1. The molecule has 0 spiro atoms. The molecule has 1 aromatic heterocycles. The van der Waals surface area contributed by atoms with E-state index in [0.717, 1.165) is 10.3 Å². The average Bonchev–Trinajstić information content (AvgIpc) is 2.98. The number of thiazole rings is 1. The molecule has 3 aromatic rings. The molecule has 0 saturated heterocycles. The number of amides is 1. The van der Waals surface area contributed by atoms with Crippen LogP contribution in [0.2, 0.25) is 0 Å². The normalized spacial score (nSPS) is 10.5. The smallest absolute Gasteiger partial charge is 0.228 e. The summed E-state index contributed by atoms with van der Waals surface area (Å²) in [5.74, 6) is 5.91. The van der Waals surface area contributed by atoms with Crippen LogP contribution in [0.15, 0.2) is 42.5 Å². The van der Waals surface area contributed by atoms with Crippen molar-refractivity contribution >= 4 is 38.3 Å². The monoisotopic (exact) mass is 328 g/mol. The Labute approximate surface area is 137 Å². The number of rotatable bonds is 5. The summed E-state index contributed by atoms with van der Waals surface area (Å²) in [5, 5.41) is 3.48. The molecule has 0 aliphatic heterocycles. The van der Waals surface area contributed by atoms with Crippen molar-refractivity contribution in [1.82, 2.24) is 4.98 Å². The van der Waals surface area contributed by atoms with Gasteiger partial charge in [-0.25, -0.2) is 10.8 Å². The predicted molar refractivity (Wildman–Crippen MR) is 92.8 cm³/mol. The Kier molecular flexibility index (Phi) is 4.40. The molecule has 4 N–H and O–H groups in total. The van der Waals surface area contributed by atoms with Crippen LogP contribution in [-0.2, 0) is 11.2 Å². The molecule has 0 atom stereocenters. The fourth-order valence-corrected chi connectivity index (χ4v) is 3.11. The first kappa shape index (κ1) is 15.3. The number of hydrogen-bond donors (Lipinski definition) is 3. The van der Waals surface area contributed by atoms with Crippen LogP contribution >= 0.6 is 11.3 Å². The van der Waals surface area contributed by atoms with E-state index >= 15 is 0 Å². The highest BCUT2D eigenvalue weighted by Gasteiger charge is 2.12. The van der Waals surface area contributed by atoms with Crippen LogP contribution in [-0.4, -0.2) is 18.0 Å². The summed E-state index contributed by atoms with van der Waals surface area (Å²) in [6, 6.07) is 13.2. The van der Waals surface area contributed by atoms with E-state index < -0.39 is 0 Å². The molecule has 2 aromatic carbocycles. The molecule has 0 unspecified atom stereocenters. The van der Waals surface area contributed by atoms with Crippen molar-refractivity contribution in [2.45, 2.75) is 6.42 Å². The van der Waals surface area contributed by atoms with Gasteiger partial charge in [0.1, 0.15) is 11.3 Å². The third-order valence-electron chi connectivity index (χ3n) is 3.29. The third kappa shape index (κ3) is 3.41. The van der Waals surface area contributed by atoms with Crippen LogP contribution in [0.4, 0.5) is 10.8 Å². The molecule has 0 aliphatic carbocycles. The molecule has 23 heavy (non-hydrogen) atoms. The fourth-order valence-electron chi connectivity index (χ4n) is 2.27. The van der Waals surface area contributed by atoms with E-state index in [9.17, 15) is 4.79 Å². The van der Waals surface area contributed by atoms with Crippen LogP contribution in [0.3, 0.4) is 0 Å². The van der Waals surface area contributed by atoms with E-state index in [1.807, 2.05) is 36.4 Å². The number of hydrogen-bond acceptors (Lipinski definition) is 6. The van der Waals surface area contributed by atoms with Crippen LogP contribution in [0, 0.1) is 0 Å². The Morgan fingerprint density at radius 2 is 2.09 bits per heavy atom. The van der Waals surface area contributed by atoms with Crippen LogP contribution in [0.1, 0.15) is 5.56 Å². The van der Waals surface area contributed by atoms with Gasteiger partial charge in [-0.15, -0.1) is 0 Å². The van der Waals surface area contributed by atoms with Crippen molar-refractivity contribution in [1.29, 1.82) is 0 Å². The Morgan fingerprint density at radius 3 is 2.78 bits per heavy atom. The van der Waals surface area contributed by atoms with E-state index in [-0.39, 0.29) is 5.91 Å². The second kappa shape index (κ2) is 6.64. The Morgan fingerprint density at radius 1 is 1.30 bits per heavy atom. The lowest BCUT2D eigenvalue weighted by molar-refractivity contribution is -0.115. The number of nitrogens with two attached hydrogens (primary N) is 1. The largest absolute Gasteiger partial charge is 0.494 e. The standard InChI is InChI=1S/C16H16N4O2S/c1-22-12-8-11(9-13-15(12)19-16(20-17)23-13)18-14(21)7-10-5-3-2-4-6-10/h2-6,8-9H,7,17H2,1H3,(H,18,21)(H,19,20).